The van der Waals surface area contributed by atoms with E-state index in [9.17, 15) is 4.79 Å². The molecule has 0 aliphatic carbocycles. The molecule has 4 nitrogen and oxygen atoms in total. The smallest absolute Gasteiger partial charge is 0.346 e. The maximum absolute atomic E-state index is 12.7. The molecule has 0 unspecified atom stereocenters. The molecule has 0 aliphatic heterocycles. The fourth-order valence-electron chi connectivity index (χ4n) is 3.72. The van der Waals surface area contributed by atoms with E-state index >= 15 is 0 Å². The predicted octanol–water partition coefficient (Wildman–Crippen LogP) is 6.11. The van der Waals surface area contributed by atoms with E-state index in [1.165, 1.54) is 5.56 Å². The summed E-state index contributed by atoms with van der Waals surface area (Å²) in [5.41, 5.74) is 4.10. The van der Waals surface area contributed by atoms with Crippen LogP contribution in [0.1, 0.15) is 33.3 Å². The van der Waals surface area contributed by atoms with E-state index in [4.69, 9.17) is 9.40 Å². The van der Waals surface area contributed by atoms with Crippen molar-refractivity contribution in [2.75, 3.05) is 18.0 Å². The Balaban J connectivity index is 1.76. The Kier molecular flexibility index (Phi) is 5.41. The van der Waals surface area contributed by atoms with Crippen LogP contribution in [0.15, 0.2) is 51.7 Å². The van der Waals surface area contributed by atoms with E-state index in [1.807, 2.05) is 24.3 Å². The lowest BCUT2D eigenvalue weighted by atomic mass is 10.0. The molecule has 4 rings (SSSR count). The summed E-state index contributed by atoms with van der Waals surface area (Å²) in [5, 5.41) is 1.63. The number of benzene rings is 2. The van der Waals surface area contributed by atoms with Gasteiger partial charge in [-0.1, -0.05) is 19.9 Å². The highest BCUT2D eigenvalue weighted by atomic mass is 32.1. The minimum Gasteiger partial charge on any atom is -0.422 e. The Morgan fingerprint density at radius 3 is 2.59 bits per heavy atom. The van der Waals surface area contributed by atoms with Gasteiger partial charge in [-0.05, 0) is 62.1 Å². The van der Waals surface area contributed by atoms with Crippen molar-refractivity contribution < 1.29 is 4.42 Å². The van der Waals surface area contributed by atoms with Gasteiger partial charge in [0.2, 0.25) is 0 Å². The molecule has 0 amide bonds. The zero-order valence-electron chi connectivity index (χ0n) is 17.4. The Labute approximate surface area is 174 Å². The lowest BCUT2D eigenvalue weighted by molar-refractivity contribution is 0.563. The summed E-state index contributed by atoms with van der Waals surface area (Å²) < 4.78 is 6.79. The number of thiazole rings is 1. The molecule has 0 saturated carbocycles. The highest BCUT2D eigenvalue weighted by molar-refractivity contribution is 7.21. The van der Waals surface area contributed by atoms with Crippen LogP contribution in [0.4, 0.5) is 5.69 Å². The topological polar surface area (TPSA) is 46.3 Å². The van der Waals surface area contributed by atoms with Crippen LogP contribution in [-0.4, -0.2) is 18.1 Å². The largest absolute Gasteiger partial charge is 0.422 e. The van der Waals surface area contributed by atoms with Crippen LogP contribution >= 0.6 is 11.3 Å². The first-order chi connectivity index (χ1) is 14.0. The molecule has 29 heavy (non-hydrogen) atoms. The second kappa shape index (κ2) is 7.99. The zero-order chi connectivity index (χ0) is 20.5. The fourth-order valence-corrected chi connectivity index (χ4v) is 4.75. The molecule has 0 aliphatic rings. The lowest BCUT2D eigenvalue weighted by Crippen LogP contribution is -2.21. The maximum Gasteiger partial charge on any atom is 0.346 e. The lowest BCUT2D eigenvalue weighted by Gasteiger charge is -2.20. The summed E-state index contributed by atoms with van der Waals surface area (Å²) in [5.74, 6) is 0.605. The second-order valence-corrected chi connectivity index (χ2v) is 8.79. The van der Waals surface area contributed by atoms with Gasteiger partial charge in [0.15, 0.2) is 0 Å². The summed E-state index contributed by atoms with van der Waals surface area (Å²) in [6.45, 7) is 10.5. The van der Waals surface area contributed by atoms with Gasteiger partial charge in [0.1, 0.15) is 10.6 Å². The highest BCUT2D eigenvalue weighted by Gasteiger charge is 2.14. The quantitative estimate of drug-likeness (QED) is 0.362. The maximum atomic E-state index is 12.7. The van der Waals surface area contributed by atoms with Crippen molar-refractivity contribution in [2.24, 2.45) is 5.92 Å². The first-order valence-corrected chi connectivity index (χ1v) is 11.0. The van der Waals surface area contributed by atoms with Crippen molar-refractivity contribution in [2.45, 2.75) is 34.1 Å². The molecular weight excluding hydrogens is 380 g/mol. The normalized spacial score (nSPS) is 11.6. The van der Waals surface area contributed by atoms with Gasteiger partial charge in [0.05, 0.1) is 15.8 Å². The summed E-state index contributed by atoms with van der Waals surface area (Å²) in [6.07, 6.45) is 1.04. The summed E-state index contributed by atoms with van der Waals surface area (Å²) in [6, 6.07) is 14.3. The Morgan fingerprint density at radius 2 is 1.86 bits per heavy atom. The van der Waals surface area contributed by atoms with Crippen LogP contribution in [-0.2, 0) is 6.42 Å². The van der Waals surface area contributed by atoms with Gasteiger partial charge in [-0.3, -0.25) is 0 Å². The molecule has 0 fully saturated rings. The number of hydrogen-bond acceptors (Lipinski definition) is 5. The predicted molar refractivity (Wildman–Crippen MR) is 123 cm³/mol. The van der Waals surface area contributed by atoms with E-state index in [1.54, 1.807) is 11.3 Å². The standard InChI is InChI=1S/C24H26N2O2S/c1-5-26(6-2)18-9-8-17-13-19(24(27)28-21(17)14-18)23-25-20-10-7-16(11-15(3)4)12-22(20)29-23/h7-10,12-15H,5-6,11H2,1-4H3. The van der Waals surface area contributed by atoms with Gasteiger partial charge >= 0.3 is 5.63 Å². The number of anilines is 1. The van der Waals surface area contributed by atoms with E-state index in [2.05, 4.69) is 50.8 Å². The van der Waals surface area contributed by atoms with E-state index in [-0.39, 0.29) is 5.63 Å². The zero-order valence-corrected chi connectivity index (χ0v) is 18.2. The molecule has 2 aromatic carbocycles. The fraction of sp³-hybridized carbons (Fsp3) is 0.333. The monoisotopic (exact) mass is 406 g/mol. The minimum atomic E-state index is -0.337. The first-order valence-electron chi connectivity index (χ1n) is 10.2. The average Bonchev–Trinajstić information content (AvgIpc) is 3.11. The molecule has 0 radical (unpaired) electrons. The average molecular weight is 407 g/mol. The van der Waals surface area contributed by atoms with Crippen molar-refractivity contribution in [3.8, 4) is 10.6 Å². The molecule has 150 valence electrons. The van der Waals surface area contributed by atoms with Crippen LogP contribution < -0.4 is 10.5 Å². The first kappa shape index (κ1) is 19.6. The van der Waals surface area contributed by atoms with E-state index in [0.29, 0.717) is 22.1 Å². The summed E-state index contributed by atoms with van der Waals surface area (Å²) >= 11 is 1.55. The molecule has 0 saturated heterocycles. The molecule has 5 heteroatoms. The molecule has 2 heterocycles. The molecule has 4 aromatic rings. The van der Waals surface area contributed by atoms with Gasteiger partial charge in [-0.2, -0.15) is 0 Å². The second-order valence-electron chi connectivity index (χ2n) is 7.76. The number of rotatable bonds is 6. The number of fused-ring (bicyclic) bond motifs is 2. The Hall–Kier alpha value is -2.66. The molecule has 2 aromatic heterocycles. The Morgan fingerprint density at radius 1 is 1.07 bits per heavy atom. The minimum absolute atomic E-state index is 0.337. The summed E-state index contributed by atoms with van der Waals surface area (Å²) in [4.78, 5) is 19.7. The summed E-state index contributed by atoms with van der Waals surface area (Å²) in [7, 11) is 0. The van der Waals surface area contributed by atoms with Crippen LogP contribution in [0.5, 0.6) is 0 Å². The molecule has 0 bridgehead atoms. The van der Waals surface area contributed by atoms with E-state index < -0.39 is 0 Å². The third-order valence-electron chi connectivity index (χ3n) is 5.18. The van der Waals surface area contributed by atoms with Gasteiger partial charge in [-0.25, -0.2) is 9.78 Å². The highest BCUT2D eigenvalue weighted by Crippen LogP contribution is 2.31. The van der Waals surface area contributed by atoms with Gasteiger partial charge < -0.3 is 9.32 Å². The number of hydrogen-bond donors (Lipinski definition) is 0. The molecule has 0 spiro atoms. The van der Waals surface area contributed by atoms with Gasteiger partial charge in [-0.15, -0.1) is 11.3 Å². The third-order valence-corrected chi connectivity index (χ3v) is 6.23. The third kappa shape index (κ3) is 3.92. The van der Waals surface area contributed by atoms with Crippen LogP contribution in [0.25, 0.3) is 31.8 Å². The van der Waals surface area contributed by atoms with Crippen LogP contribution in [0, 0.1) is 5.92 Å². The van der Waals surface area contributed by atoms with Crippen LogP contribution in [0.2, 0.25) is 0 Å². The van der Waals surface area contributed by atoms with Crippen molar-refractivity contribution in [3.05, 3.63) is 58.4 Å². The molecular formula is C24H26N2O2S. The SMILES string of the molecule is CCN(CC)c1ccc2cc(-c3nc4ccc(CC(C)C)cc4s3)c(=O)oc2c1. The van der Waals surface area contributed by atoms with Crippen molar-refractivity contribution in [1.82, 2.24) is 4.98 Å². The molecule has 0 N–H and O–H groups in total. The van der Waals surface area contributed by atoms with Crippen molar-refractivity contribution >= 4 is 38.2 Å². The number of nitrogens with zero attached hydrogens (tertiary/aromatic N) is 2. The Bertz CT molecular complexity index is 1220. The van der Waals surface area contributed by atoms with Crippen molar-refractivity contribution in [1.29, 1.82) is 0 Å². The van der Waals surface area contributed by atoms with E-state index in [0.717, 1.165) is 40.8 Å². The van der Waals surface area contributed by atoms with Crippen molar-refractivity contribution in [3.63, 3.8) is 0 Å². The van der Waals surface area contributed by atoms with Gasteiger partial charge in [0.25, 0.3) is 0 Å². The van der Waals surface area contributed by atoms with Gasteiger partial charge in [0, 0.05) is 30.2 Å². The molecule has 0 atom stereocenters. The number of aromatic nitrogens is 1. The van der Waals surface area contributed by atoms with Crippen LogP contribution in [0.3, 0.4) is 0 Å².